The predicted octanol–water partition coefficient (Wildman–Crippen LogP) is 2.11. The van der Waals surface area contributed by atoms with Gasteiger partial charge in [-0.2, -0.15) is 0 Å². The molecule has 1 aliphatic heterocycles. The number of rotatable bonds is 8. The van der Waals surface area contributed by atoms with Crippen molar-refractivity contribution in [2.45, 2.75) is 26.3 Å². The third-order valence-electron chi connectivity index (χ3n) is 4.93. The first-order valence-corrected chi connectivity index (χ1v) is 9.63. The molecule has 1 aromatic rings. The first-order chi connectivity index (χ1) is 12.2. The largest absolute Gasteiger partial charge is 0.356 e. The van der Waals surface area contributed by atoms with Gasteiger partial charge in [0.15, 0.2) is 5.96 Å². The summed E-state index contributed by atoms with van der Waals surface area (Å²) in [4.78, 5) is 11.7. The molecule has 1 fully saturated rings. The molecule has 0 aromatic heterocycles. The van der Waals surface area contributed by atoms with Crippen LogP contribution in [0.5, 0.6) is 0 Å². The van der Waals surface area contributed by atoms with E-state index in [0.717, 1.165) is 19.0 Å². The number of nitrogens with zero attached hydrogens (tertiary/aromatic N) is 4. The van der Waals surface area contributed by atoms with E-state index in [-0.39, 0.29) is 0 Å². The smallest absolute Gasteiger partial charge is 0.193 e. The number of aliphatic imine (C=N–C) groups is 1. The first kappa shape index (κ1) is 19.7. The van der Waals surface area contributed by atoms with E-state index in [1.54, 1.807) is 0 Å². The Labute approximate surface area is 153 Å². The molecule has 1 aliphatic rings. The number of hydrogen-bond donors (Lipinski definition) is 1. The van der Waals surface area contributed by atoms with Gasteiger partial charge in [-0.15, -0.1) is 0 Å². The minimum Gasteiger partial charge on any atom is -0.356 e. The van der Waals surface area contributed by atoms with Crippen molar-refractivity contribution in [3.8, 4) is 0 Å². The van der Waals surface area contributed by atoms with Gasteiger partial charge in [-0.25, -0.2) is 0 Å². The van der Waals surface area contributed by atoms with E-state index in [1.165, 1.54) is 57.7 Å². The number of likely N-dealkylation sites (N-methyl/N-ethyl adjacent to an activating group) is 1. The number of benzene rings is 1. The summed E-state index contributed by atoms with van der Waals surface area (Å²) in [6.07, 6.45) is 2.44. The van der Waals surface area contributed by atoms with Gasteiger partial charge in [0.1, 0.15) is 0 Å². The molecule has 0 aliphatic carbocycles. The molecule has 2 rings (SSSR count). The van der Waals surface area contributed by atoms with Gasteiger partial charge in [0.25, 0.3) is 0 Å². The van der Waals surface area contributed by atoms with Crippen molar-refractivity contribution in [2.75, 3.05) is 59.9 Å². The molecular formula is C20H35N5. The van der Waals surface area contributed by atoms with E-state index in [2.05, 4.69) is 69.3 Å². The van der Waals surface area contributed by atoms with Crippen LogP contribution in [0, 0.1) is 0 Å². The average Bonchev–Trinajstić information content (AvgIpc) is 2.66. The Morgan fingerprint density at radius 2 is 1.76 bits per heavy atom. The maximum atomic E-state index is 4.40. The minimum atomic E-state index is 0.877. The van der Waals surface area contributed by atoms with Gasteiger partial charge in [0, 0.05) is 53.4 Å². The van der Waals surface area contributed by atoms with Gasteiger partial charge in [0.2, 0.25) is 0 Å². The molecule has 0 amide bonds. The highest BCUT2D eigenvalue weighted by Gasteiger charge is 2.14. The zero-order valence-electron chi connectivity index (χ0n) is 16.2. The van der Waals surface area contributed by atoms with Crippen LogP contribution in [0.25, 0.3) is 0 Å². The van der Waals surface area contributed by atoms with E-state index in [1.807, 2.05) is 7.05 Å². The zero-order chi connectivity index (χ0) is 17.9. The third kappa shape index (κ3) is 7.04. The van der Waals surface area contributed by atoms with E-state index in [0.29, 0.717) is 0 Å². The van der Waals surface area contributed by atoms with Crippen LogP contribution in [0.1, 0.15) is 25.3 Å². The lowest BCUT2D eigenvalue weighted by Gasteiger charge is -2.34. The lowest BCUT2D eigenvalue weighted by atomic mass is 10.2. The molecule has 0 atom stereocenters. The number of unbranched alkanes of at least 4 members (excludes halogenated alkanes) is 1. The molecule has 0 spiro atoms. The Kier molecular flexibility index (Phi) is 8.77. The molecule has 25 heavy (non-hydrogen) atoms. The van der Waals surface area contributed by atoms with Crippen LogP contribution in [0.15, 0.2) is 35.3 Å². The molecule has 0 bridgehead atoms. The van der Waals surface area contributed by atoms with Gasteiger partial charge in [-0.1, -0.05) is 37.3 Å². The maximum Gasteiger partial charge on any atom is 0.193 e. The van der Waals surface area contributed by atoms with Crippen LogP contribution in [0.3, 0.4) is 0 Å². The summed E-state index contributed by atoms with van der Waals surface area (Å²) >= 11 is 0. The molecular weight excluding hydrogens is 310 g/mol. The SMILES string of the molecule is CCN1CCN(CCCCNC(=NC)N(C)Cc2ccccc2)CC1. The summed E-state index contributed by atoms with van der Waals surface area (Å²) in [5.41, 5.74) is 1.30. The monoisotopic (exact) mass is 345 g/mol. The summed E-state index contributed by atoms with van der Waals surface area (Å²) in [6, 6.07) is 10.5. The predicted molar refractivity (Wildman–Crippen MR) is 107 cm³/mol. The van der Waals surface area contributed by atoms with Crippen LogP contribution in [-0.2, 0) is 6.54 Å². The standard InChI is InChI=1S/C20H35N5/c1-4-24-14-16-25(17-15-24)13-9-8-12-22-20(21-2)23(3)18-19-10-6-5-7-11-19/h5-7,10-11H,4,8-9,12-18H2,1-3H3,(H,21,22). The van der Waals surface area contributed by atoms with E-state index < -0.39 is 0 Å². The van der Waals surface area contributed by atoms with Crippen molar-refractivity contribution in [1.82, 2.24) is 20.0 Å². The molecule has 5 heteroatoms. The average molecular weight is 346 g/mol. The Hall–Kier alpha value is -1.59. The second-order valence-corrected chi connectivity index (χ2v) is 6.80. The number of guanidine groups is 1. The summed E-state index contributed by atoms with van der Waals surface area (Å²) in [6.45, 7) is 11.4. The topological polar surface area (TPSA) is 34.1 Å². The summed E-state index contributed by atoms with van der Waals surface area (Å²) in [5, 5.41) is 3.49. The summed E-state index contributed by atoms with van der Waals surface area (Å²) in [5.74, 6) is 0.973. The van der Waals surface area contributed by atoms with Gasteiger partial charge in [-0.3, -0.25) is 4.99 Å². The minimum absolute atomic E-state index is 0.877. The fourth-order valence-electron chi connectivity index (χ4n) is 3.31. The fraction of sp³-hybridized carbons (Fsp3) is 0.650. The molecule has 0 unspecified atom stereocenters. The number of hydrogen-bond acceptors (Lipinski definition) is 3. The highest BCUT2D eigenvalue weighted by Crippen LogP contribution is 2.04. The highest BCUT2D eigenvalue weighted by molar-refractivity contribution is 5.79. The first-order valence-electron chi connectivity index (χ1n) is 9.63. The summed E-state index contributed by atoms with van der Waals surface area (Å²) < 4.78 is 0. The number of nitrogens with one attached hydrogen (secondary N) is 1. The molecule has 1 saturated heterocycles. The summed E-state index contributed by atoms with van der Waals surface area (Å²) in [7, 11) is 3.95. The van der Waals surface area contributed by atoms with Gasteiger partial charge >= 0.3 is 0 Å². The third-order valence-corrected chi connectivity index (χ3v) is 4.93. The second kappa shape index (κ2) is 11.1. The van der Waals surface area contributed by atoms with Crippen molar-refractivity contribution >= 4 is 5.96 Å². The van der Waals surface area contributed by atoms with Crippen molar-refractivity contribution in [3.63, 3.8) is 0 Å². The van der Waals surface area contributed by atoms with Crippen molar-refractivity contribution in [1.29, 1.82) is 0 Å². The highest BCUT2D eigenvalue weighted by atomic mass is 15.3. The lowest BCUT2D eigenvalue weighted by Crippen LogP contribution is -2.46. The van der Waals surface area contributed by atoms with Crippen LogP contribution in [-0.4, -0.2) is 80.6 Å². The molecule has 0 radical (unpaired) electrons. The normalized spacial score (nSPS) is 16.8. The maximum absolute atomic E-state index is 4.40. The van der Waals surface area contributed by atoms with Crippen LogP contribution in [0.2, 0.25) is 0 Å². The van der Waals surface area contributed by atoms with E-state index in [4.69, 9.17) is 0 Å². The molecule has 5 nitrogen and oxygen atoms in total. The molecule has 0 saturated carbocycles. The second-order valence-electron chi connectivity index (χ2n) is 6.80. The Morgan fingerprint density at radius 1 is 1.08 bits per heavy atom. The van der Waals surface area contributed by atoms with Gasteiger partial charge in [-0.05, 0) is 31.5 Å². The lowest BCUT2D eigenvalue weighted by molar-refractivity contribution is 0.136. The molecule has 140 valence electrons. The van der Waals surface area contributed by atoms with Gasteiger partial charge in [0.05, 0.1) is 0 Å². The van der Waals surface area contributed by atoms with E-state index in [9.17, 15) is 0 Å². The number of piperazine rings is 1. The Balaban J connectivity index is 1.59. The van der Waals surface area contributed by atoms with Crippen molar-refractivity contribution < 1.29 is 0 Å². The van der Waals surface area contributed by atoms with Crippen molar-refractivity contribution in [3.05, 3.63) is 35.9 Å². The molecule has 1 N–H and O–H groups in total. The van der Waals surface area contributed by atoms with Crippen molar-refractivity contribution in [2.24, 2.45) is 4.99 Å². The van der Waals surface area contributed by atoms with Crippen LogP contribution >= 0.6 is 0 Å². The Bertz CT molecular complexity index is 494. The van der Waals surface area contributed by atoms with Gasteiger partial charge < -0.3 is 20.0 Å². The van der Waals surface area contributed by atoms with E-state index >= 15 is 0 Å². The fourth-order valence-corrected chi connectivity index (χ4v) is 3.31. The zero-order valence-corrected chi connectivity index (χ0v) is 16.2. The quantitative estimate of drug-likeness (QED) is 0.445. The molecule has 1 aromatic carbocycles. The van der Waals surface area contributed by atoms with Crippen LogP contribution in [0.4, 0.5) is 0 Å². The molecule has 1 heterocycles. The Morgan fingerprint density at radius 3 is 2.40 bits per heavy atom. The van der Waals surface area contributed by atoms with Crippen LogP contribution < -0.4 is 5.32 Å².